The van der Waals surface area contributed by atoms with Gasteiger partial charge in [-0.05, 0) is 57.0 Å². The second-order valence-corrected chi connectivity index (χ2v) is 6.78. The van der Waals surface area contributed by atoms with Crippen LogP contribution in [-0.2, 0) is 0 Å². The number of rotatable bonds is 5. The van der Waals surface area contributed by atoms with E-state index in [0.29, 0.717) is 5.56 Å². The minimum absolute atomic E-state index is 0.132. The van der Waals surface area contributed by atoms with E-state index in [1.165, 1.54) is 12.8 Å². The summed E-state index contributed by atoms with van der Waals surface area (Å²) in [6, 6.07) is 11.7. The number of aryl methyl sites for hydroxylation is 2. The van der Waals surface area contributed by atoms with Crippen molar-refractivity contribution >= 4 is 5.91 Å². The zero-order chi connectivity index (χ0) is 17.8. The van der Waals surface area contributed by atoms with Crippen LogP contribution in [-0.4, -0.2) is 35.4 Å². The van der Waals surface area contributed by atoms with Crippen LogP contribution < -0.4 is 10.9 Å². The van der Waals surface area contributed by atoms with Gasteiger partial charge in [0.15, 0.2) is 0 Å². The summed E-state index contributed by atoms with van der Waals surface area (Å²) in [5.41, 5.74) is 2.39. The number of aromatic amines is 1. The molecule has 2 heterocycles. The first-order valence-corrected chi connectivity index (χ1v) is 8.83. The standard InChI is InChI=1S/C20H25N3O2/c1-14-12-15(2)21-19(24)18(14)20(25)22-17(13-23-10-6-7-11-23)16-8-4-3-5-9-16/h3-5,8-9,12,17H,6-7,10-11,13H2,1-2H3,(H,21,24)(H,22,25). The molecule has 1 fully saturated rings. The van der Waals surface area contributed by atoms with Crippen LogP contribution in [0.25, 0.3) is 0 Å². The Morgan fingerprint density at radius 2 is 1.88 bits per heavy atom. The summed E-state index contributed by atoms with van der Waals surface area (Å²) in [5.74, 6) is -0.313. The fraction of sp³-hybridized carbons (Fsp3) is 0.400. The molecule has 1 unspecified atom stereocenters. The van der Waals surface area contributed by atoms with E-state index >= 15 is 0 Å². The van der Waals surface area contributed by atoms with Crippen molar-refractivity contribution in [2.24, 2.45) is 0 Å². The maximum Gasteiger partial charge on any atom is 0.261 e. The van der Waals surface area contributed by atoms with Gasteiger partial charge in [-0.15, -0.1) is 0 Å². The average molecular weight is 339 g/mol. The first kappa shape index (κ1) is 17.4. The maximum atomic E-state index is 12.8. The fourth-order valence-corrected chi connectivity index (χ4v) is 3.51. The number of hydrogen-bond donors (Lipinski definition) is 2. The van der Waals surface area contributed by atoms with Crippen LogP contribution in [0.4, 0.5) is 0 Å². The van der Waals surface area contributed by atoms with E-state index in [9.17, 15) is 9.59 Å². The molecule has 1 aromatic heterocycles. The number of nitrogens with one attached hydrogen (secondary N) is 2. The SMILES string of the molecule is Cc1cc(C)c(C(=O)NC(CN2CCCC2)c2ccccc2)c(=O)[nH]1. The Morgan fingerprint density at radius 1 is 1.20 bits per heavy atom. The van der Waals surface area contributed by atoms with Gasteiger partial charge in [0, 0.05) is 12.2 Å². The number of nitrogens with zero attached hydrogens (tertiary/aromatic N) is 1. The molecule has 0 bridgehead atoms. The molecule has 2 N–H and O–H groups in total. The summed E-state index contributed by atoms with van der Waals surface area (Å²) >= 11 is 0. The van der Waals surface area contributed by atoms with E-state index in [1.54, 1.807) is 6.92 Å². The molecule has 0 saturated carbocycles. The monoisotopic (exact) mass is 339 g/mol. The number of pyridine rings is 1. The Morgan fingerprint density at radius 3 is 2.52 bits per heavy atom. The minimum atomic E-state index is -0.331. The van der Waals surface area contributed by atoms with Crippen molar-refractivity contribution in [2.75, 3.05) is 19.6 Å². The van der Waals surface area contributed by atoms with Crippen LogP contribution in [0.2, 0.25) is 0 Å². The average Bonchev–Trinajstić information content (AvgIpc) is 3.07. The molecular formula is C20H25N3O2. The van der Waals surface area contributed by atoms with Crippen molar-refractivity contribution in [3.63, 3.8) is 0 Å². The molecule has 1 amide bonds. The van der Waals surface area contributed by atoms with Gasteiger partial charge in [-0.25, -0.2) is 0 Å². The van der Waals surface area contributed by atoms with Crippen LogP contribution in [0.1, 0.15) is 46.1 Å². The second kappa shape index (κ2) is 7.66. The second-order valence-electron chi connectivity index (χ2n) is 6.78. The molecular weight excluding hydrogens is 314 g/mol. The smallest absolute Gasteiger partial charge is 0.261 e. The third-order valence-corrected chi connectivity index (χ3v) is 4.74. The van der Waals surface area contributed by atoms with E-state index in [4.69, 9.17) is 0 Å². The molecule has 1 saturated heterocycles. The van der Waals surface area contributed by atoms with Crippen molar-refractivity contribution in [1.82, 2.24) is 15.2 Å². The van der Waals surface area contributed by atoms with Gasteiger partial charge in [-0.2, -0.15) is 0 Å². The van der Waals surface area contributed by atoms with Gasteiger partial charge in [0.05, 0.1) is 6.04 Å². The highest BCUT2D eigenvalue weighted by atomic mass is 16.2. The van der Waals surface area contributed by atoms with Gasteiger partial charge in [0.2, 0.25) is 0 Å². The minimum Gasteiger partial charge on any atom is -0.344 e. The molecule has 5 heteroatoms. The van der Waals surface area contributed by atoms with Gasteiger partial charge in [-0.3, -0.25) is 9.59 Å². The zero-order valence-electron chi connectivity index (χ0n) is 14.8. The third-order valence-electron chi connectivity index (χ3n) is 4.74. The van der Waals surface area contributed by atoms with Crippen LogP contribution in [0.15, 0.2) is 41.2 Å². The van der Waals surface area contributed by atoms with Gasteiger partial charge >= 0.3 is 0 Å². The molecule has 0 spiro atoms. The normalized spacial score (nSPS) is 15.9. The van der Waals surface area contributed by atoms with E-state index in [0.717, 1.165) is 30.9 Å². The van der Waals surface area contributed by atoms with E-state index < -0.39 is 0 Å². The molecule has 3 rings (SSSR count). The maximum absolute atomic E-state index is 12.8. The summed E-state index contributed by atoms with van der Waals surface area (Å²) in [7, 11) is 0. The van der Waals surface area contributed by atoms with Crippen molar-refractivity contribution < 1.29 is 4.79 Å². The highest BCUT2D eigenvalue weighted by Gasteiger charge is 2.23. The number of H-pyrrole nitrogens is 1. The number of likely N-dealkylation sites (tertiary alicyclic amines) is 1. The first-order chi connectivity index (χ1) is 12.0. The van der Waals surface area contributed by atoms with E-state index in [2.05, 4.69) is 15.2 Å². The molecule has 132 valence electrons. The predicted molar refractivity (Wildman–Crippen MR) is 98.9 cm³/mol. The van der Waals surface area contributed by atoms with Crippen molar-refractivity contribution in [2.45, 2.75) is 32.7 Å². The molecule has 1 aromatic carbocycles. The van der Waals surface area contributed by atoms with Gasteiger partial charge < -0.3 is 15.2 Å². The molecule has 1 atom stereocenters. The Bertz CT molecular complexity index is 792. The summed E-state index contributed by atoms with van der Waals surface area (Å²) in [6.07, 6.45) is 2.40. The summed E-state index contributed by atoms with van der Waals surface area (Å²) in [4.78, 5) is 30.1. The molecule has 2 aromatic rings. The van der Waals surface area contributed by atoms with Crippen LogP contribution in [0.5, 0.6) is 0 Å². The molecule has 5 nitrogen and oxygen atoms in total. The van der Waals surface area contributed by atoms with Gasteiger partial charge in [0.1, 0.15) is 5.56 Å². The predicted octanol–water partition coefficient (Wildman–Crippen LogP) is 2.56. The molecule has 0 radical (unpaired) electrons. The van der Waals surface area contributed by atoms with Crippen LogP contribution in [0, 0.1) is 13.8 Å². The zero-order valence-corrected chi connectivity index (χ0v) is 14.8. The Balaban J connectivity index is 1.84. The van der Waals surface area contributed by atoms with Crippen molar-refractivity contribution in [1.29, 1.82) is 0 Å². The Labute approximate surface area is 148 Å². The lowest BCUT2D eigenvalue weighted by molar-refractivity contribution is 0.0925. The van der Waals surface area contributed by atoms with E-state index in [1.807, 2.05) is 43.3 Å². The van der Waals surface area contributed by atoms with Crippen LogP contribution >= 0.6 is 0 Å². The third kappa shape index (κ3) is 4.17. The summed E-state index contributed by atoms with van der Waals surface area (Å²) in [6.45, 7) is 6.50. The number of carbonyl (C=O) groups is 1. The molecule has 25 heavy (non-hydrogen) atoms. The number of amides is 1. The number of benzene rings is 1. The number of carbonyl (C=O) groups excluding carboxylic acids is 1. The van der Waals surface area contributed by atoms with Crippen LogP contribution in [0.3, 0.4) is 0 Å². The lowest BCUT2D eigenvalue weighted by Gasteiger charge is -2.25. The largest absolute Gasteiger partial charge is 0.344 e. The summed E-state index contributed by atoms with van der Waals surface area (Å²) in [5, 5.41) is 3.08. The summed E-state index contributed by atoms with van der Waals surface area (Å²) < 4.78 is 0. The highest BCUT2D eigenvalue weighted by Crippen LogP contribution is 2.18. The van der Waals surface area contributed by atoms with Crippen molar-refractivity contribution in [3.8, 4) is 0 Å². The topological polar surface area (TPSA) is 65.2 Å². The molecule has 1 aliphatic rings. The van der Waals surface area contributed by atoms with Gasteiger partial charge in [-0.1, -0.05) is 30.3 Å². The lowest BCUT2D eigenvalue weighted by Crippen LogP contribution is -2.39. The van der Waals surface area contributed by atoms with Gasteiger partial charge in [0.25, 0.3) is 11.5 Å². The number of hydrogen-bond acceptors (Lipinski definition) is 3. The molecule has 0 aliphatic carbocycles. The highest BCUT2D eigenvalue weighted by molar-refractivity contribution is 5.95. The fourth-order valence-electron chi connectivity index (χ4n) is 3.51. The first-order valence-electron chi connectivity index (χ1n) is 8.83. The van der Waals surface area contributed by atoms with E-state index in [-0.39, 0.29) is 23.1 Å². The quantitative estimate of drug-likeness (QED) is 0.880. The Hall–Kier alpha value is -2.40. The molecule has 1 aliphatic heterocycles. The van der Waals surface area contributed by atoms with Crippen molar-refractivity contribution in [3.05, 3.63) is 69.1 Å². The number of aromatic nitrogens is 1. The lowest BCUT2D eigenvalue weighted by atomic mass is 10.0. The Kier molecular flexibility index (Phi) is 5.34.